The van der Waals surface area contributed by atoms with Crippen molar-refractivity contribution in [2.75, 3.05) is 19.8 Å². The first-order chi connectivity index (χ1) is 10.1. The lowest BCUT2D eigenvalue weighted by atomic mass is 10.1. The zero-order valence-electron chi connectivity index (χ0n) is 11.4. The number of ether oxygens (including phenoxy) is 2. The third-order valence-electron chi connectivity index (χ3n) is 2.95. The molecule has 7 heteroatoms. The van der Waals surface area contributed by atoms with Crippen LogP contribution in [0.5, 0.6) is 11.5 Å². The Morgan fingerprint density at radius 1 is 1.24 bits per heavy atom. The second kappa shape index (κ2) is 7.31. The summed E-state index contributed by atoms with van der Waals surface area (Å²) < 4.78 is 11.7. The second-order valence-corrected chi connectivity index (χ2v) is 5.47. The molecule has 0 fully saturated rings. The largest absolute Gasteiger partial charge is 0.486 e. The topological polar surface area (TPSA) is 84.9 Å². The number of amides is 1. The minimum Gasteiger partial charge on any atom is -0.486 e. The number of nitrogens with one attached hydrogen (secondary N) is 1. The van der Waals surface area contributed by atoms with Gasteiger partial charge in [0.1, 0.15) is 13.2 Å². The van der Waals surface area contributed by atoms with Crippen LogP contribution in [0.15, 0.2) is 16.6 Å². The van der Waals surface area contributed by atoms with Crippen LogP contribution in [-0.2, 0) is 16.0 Å². The van der Waals surface area contributed by atoms with E-state index in [0.717, 1.165) is 10.0 Å². The summed E-state index contributed by atoms with van der Waals surface area (Å²) in [5, 5.41) is 11.2. The Morgan fingerprint density at radius 3 is 2.57 bits per heavy atom. The summed E-state index contributed by atoms with van der Waals surface area (Å²) in [5.41, 5.74) is 0.801. The number of carboxylic acids is 1. The van der Waals surface area contributed by atoms with Crippen LogP contribution in [0.1, 0.15) is 18.4 Å². The summed E-state index contributed by atoms with van der Waals surface area (Å²) in [6, 6.07) is 3.58. The van der Waals surface area contributed by atoms with Gasteiger partial charge in [-0.15, -0.1) is 0 Å². The summed E-state index contributed by atoms with van der Waals surface area (Å²) in [4.78, 5) is 22.2. The molecule has 0 saturated heterocycles. The van der Waals surface area contributed by atoms with Crippen LogP contribution in [0.3, 0.4) is 0 Å². The molecule has 0 saturated carbocycles. The van der Waals surface area contributed by atoms with E-state index in [1.807, 2.05) is 0 Å². The summed E-state index contributed by atoms with van der Waals surface area (Å²) in [6.07, 6.45) is 0.668. The van der Waals surface area contributed by atoms with Gasteiger partial charge in [0, 0.05) is 17.4 Å². The predicted molar refractivity (Wildman–Crippen MR) is 78.7 cm³/mol. The van der Waals surface area contributed by atoms with Gasteiger partial charge in [-0.1, -0.05) is 15.9 Å². The van der Waals surface area contributed by atoms with Gasteiger partial charge in [0.2, 0.25) is 5.91 Å². The highest BCUT2D eigenvalue weighted by Gasteiger charge is 2.16. The summed E-state index contributed by atoms with van der Waals surface area (Å²) in [6.45, 7) is 1.37. The first-order valence-electron chi connectivity index (χ1n) is 6.63. The molecule has 0 unspecified atom stereocenters. The van der Waals surface area contributed by atoms with Crippen molar-refractivity contribution in [1.82, 2.24) is 5.32 Å². The van der Waals surface area contributed by atoms with Gasteiger partial charge in [-0.3, -0.25) is 9.59 Å². The van der Waals surface area contributed by atoms with Gasteiger partial charge in [0.05, 0.1) is 6.42 Å². The molecular formula is C14H16BrNO5. The molecule has 1 aliphatic rings. The number of rotatable bonds is 6. The maximum atomic E-state index is 11.8. The minimum atomic E-state index is -0.862. The van der Waals surface area contributed by atoms with E-state index in [4.69, 9.17) is 14.6 Å². The fourth-order valence-corrected chi connectivity index (χ4v) is 2.41. The number of aliphatic carboxylic acids is 1. The fraction of sp³-hybridized carbons (Fsp3) is 0.429. The van der Waals surface area contributed by atoms with Gasteiger partial charge in [0.15, 0.2) is 11.5 Å². The number of halogens is 1. The van der Waals surface area contributed by atoms with E-state index in [0.29, 0.717) is 37.7 Å². The van der Waals surface area contributed by atoms with E-state index in [-0.39, 0.29) is 18.7 Å². The first kappa shape index (κ1) is 15.6. The van der Waals surface area contributed by atoms with Crippen LogP contribution in [0, 0.1) is 0 Å². The summed E-state index contributed by atoms with van der Waals surface area (Å²) >= 11 is 3.41. The maximum Gasteiger partial charge on any atom is 0.303 e. The van der Waals surface area contributed by atoms with E-state index in [2.05, 4.69) is 21.2 Å². The van der Waals surface area contributed by atoms with Crippen molar-refractivity contribution >= 4 is 27.8 Å². The molecule has 2 N–H and O–H groups in total. The smallest absolute Gasteiger partial charge is 0.303 e. The lowest BCUT2D eigenvalue weighted by Crippen LogP contribution is -2.26. The van der Waals surface area contributed by atoms with Gasteiger partial charge in [0.25, 0.3) is 0 Å². The van der Waals surface area contributed by atoms with E-state index in [1.165, 1.54) is 0 Å². The quantitative estimate of drug-likeness (QED) is 0.757. The van der Waals surface area contributed by atoms with E-state index < -0.39 is 5.97 Å². The van der Waals surface area contributed by atoms with Crippen LogP contribution in [0.25, 0.3) is 0 Å². The third-order valence-corrected chi connectivity index (χ3v) is 3.69. The molecule has 0 aliphatic carbocycles. The summed E-state index contributed by atoms with van der Waals surface area (Å²) in [5.74, 6) is 0.286. The summed E-state index contributed by atoms with van der Waals surface area (Å²) in [7, 11) is 0. The lowest BCUT2D eigenvalue weighted by Gasteiger charge is -2.19. The molecule has 6 nitrogen and oxygen atoms in total. The van der Waals surface area contributed by atoms with Crippen LogP contribution in [0.2, 0.25) is 0 Å². The van der Waals surface area contributed by atoms with Gasteiger partial charge >= 0.3 is 5.97 Å². The zero-order chi connectivity index (χ0) is 15.2. The lowest BCUT2D eigenvalue weighted by molar-refractivity contribution is -0.137. The minimum absolute atomic E-state index is 0.0496. The van der Waals surface area contributed by atoms with Crippen LogP contribution >= 0.6 is 15.9 Å². The highest BCUT2D eigenvalue weighted by Crippen LogP contribution is 2.35. The Labute approximate surface area is 130 Å². The molecule has 21 heavy (non-hydrogen) atoms. The van der Waals surface area contributed by atoms with Crippen molar-refractivity contribution in [2.24, 2.45) is 0 Å². The highest BCUT2D eigenvalue weighted by atomic mass is 79.9. The maximum absolute atomic E-state index is 11.8. The Bertz CT molecular complexity index is 546. The van der Waals surface area contributed by atoms with Crippen molar-refractivity contribution in [3.8, 4) is 11.5 Å². The Morgan fingerprint density at radius 2 is 1.90 bits per heavy atom. The first-order valence-corrected chi connectivity index (χ1v) is 7.42. The Hall–Kier alpha value is -1.76. The second-order valence-electron chi connectivity index (χ2n) is 4.61. The Kier molecular flexibility index (Phi) is 5.44. The van der Waals surface area contributed by atoms with Crippen molar-refractivity contribution in [1.29, 1.82) is 0 Å². The van der Waals surface area contributed by atoms with Crippen molar-refractivity contribution < 1.29 is 24.2 Å². The molecule has 1 aliphatic heterocycles. The predicted octanol–water partition coefficient (Wildman–Crippen LogP) is 1.74. The monoisotopic (exact) mass is 357 g/mol. The average Bonchev–Trinajstić information content (AvgIpc) is 2.44. The molecule has 1 amide bonds. The molecule has 2 rings (SSSR count). The molecule has 1 heterocycles. The van der Waals surface area contributed by atoms with Gasteiger partial charge < -0.3 is 19.9 Å². The SMILES string of the molecule is O=C(O)CCCNC(=O)Cc1cc2c(cc1Br)OCCO2. The number of hydrogen-bond acceptors (Lipinski definition) is 4. The molecule has 1 aromatic carbocycles. The molecule has 0 spiro atoms. The standard InChI is InChI=1S/C14H16BrNO5/c15-10-8-12-11(20-4-5-21-12)6-9(10)7-13(17)16-3-1-2-14(18)19/h6,8H,1-5,7H2,(H,16,17)(H,18,19). The van der Waals surface area contributed by atoms with E-state index in [9.17, 15) is 9.59 Å². The number of carbonyl (C=O) groups is 2. The molecular weight excluding hydrogens is 342 g/mol. The average molecular weight is 358 g/mol. The molecule has 1 aromatic rings. The number of carboxylic acid groups (broad SMARTS) is 1. The highest BCUT2D eigenvalue weighted by molar-refractivity contribution is 9.10. The van der Waals surface area contributed by atoms with E-state index >= 15 is 0 Å². The molecule has 0 aromatic heterocycles. The molecule has 114 valence electrons. The van der Waals surface area contributed by atoms with Crippen molar-refractivity contribution in [2.45, 2.75) is 19.3 Å². The Balaban J connectivity index is 1.90. The van der Waals surface area contributed by atoms with Gasteiger partial charge in [-0.2, -0.15) is 0 Å². The third kappa shape index (κ3) is 4.63. The number of hydrogen-bond donors (Lipinski definition) is 2. The van der Waals surface area contributed by atoms with Crippen LogP contribution in [0.4, 0.5) is 0 Å². The molecule has 0 radical (unpaired) electrons. The van der Waals surface area contributed by atoms with Crippen molar-refractivity contribution in [3.63, 3.8) is 0 Å². The molecule has 0 atom stereocenters. The van der Waals surface area contributed by atoms with Gasteiger partial charge in [-0.25, -0.2) is 0 Å². The van der Waals surface area contributed by atoms with Gasteiger partial charge in [-0.05, 0) is 24.1 Å². The number of carbonyl (C=O) groups excluding carboxylic acids is 1. The number of benzene rings is 1. The van der Waals surface area contributed by atoms with Crippen LogP contribution in [-0.4, -0.2) is 36.7 Å². The molecule has 0 bridgehead atoms. The van der Waals surface area contributed by atoms with E-state index in [1.54, 1.807) is 12.1 Å². The van der Waals surface area contributed by atoms with Crippen molar-refractivity contribution in [3.05, 3.63) is 22.2 Å². The zero-order valence-corrected chi connectivity index (χ0v) is 12.9. The van der Waals surface area contributed by atoms with Crippen LogP contribution < -0.4 is 14.8 Å². The normalized spacial score (nSPS) is 12.8. The number of fused-ring (bicyclic) bond motifs is 1. The fourth-order valence-electron chi connectivity index (χ4n) is 1.94.